The first kappa shape index (κ1) is 17.5. The maximum Gasteiger partial charge on any atom is 0.225 e. The molecule has 0 aliphatic rings. The summed E-state index contributed by atoms with van der Waals surface area (Å²) in [6.45, 7) is 5.76. The molecule has 0 radical (unpaired) electrons. The van der Waals surface area contributed by atoms with Crippen LogP contribution in [0.25, 0.3) is 0 Å². The van der Waals surface area contributed by atoms with Gasteiger partial charge in [0.2, 0.25) is 5.91 Å². The van der Waals surface area contributed by atoms with Crippen LogP contribution in [0.3, 0.4) is 0 Å². The van der Waals surface area contributed by atoms with Crippen molar-refractivity contribution in [3.8, 4) is 0 Å². The number of carbonyl (C=O) groups excluding carboxylic acids is 1. The van der Waals surface area contributed by atoms with Crippen LogP contribution in [0.15, 0.2) is 54.6 Å². The lowest BCUT2D eigenvalue weighted by molar-refractivity contribution is -0.126. The summed E-state index contributed by atoms with van der Waals surface area (Å²) in [6.07, 6.45) is 0. The van der Waals surface area contributed by atoms with E-state index in [9.17, 15) is 4.79 Å². The minimum absolute atomic E-state index is 0.0775. The lowest BCUT2D eigenvalue weighted by Gasteiger charge is -2.30. The van der Waals surface area contributed by atoms with Crippen LogP contribution in [0.5, 0.6) is 0 Å². The van der Waals surface area contributed by atoms with Crippen molar-refractivity contribution < 1.29 is 4.79 Å². The number of rotatable bonds is 5. The zero-order valence-electron chi connectivity index (χ0n) is 13.7. The maximum absolute atomic E-state index is 12.6. The molecular formula is C19H23ClN2O. The van der Waals surface area contributed by atoms with E-state index in [1.54, 1.807) is 0 Å². The van der Waals surface area contributed by atoms with E-state index >= 15 is 0 Å². The Morgan fingerprint density at radius 2 is 1.78 bits per heavy atom. The first-order valence-electron chi connectivity index (χ1n) is 7.70. The van der Waals surface area contributed by atoms with Gasteiger partial charge in [-0.05, 0) is 37.1 Å². The highest BCUT2D eigenvalue weighted by atomic mass is 35.5. The van der Waals surface area contributed by atoms with Gasteiger partial charge in [0.25, 0.3) is 0 Å². The van der Waals surface area contributed by atoms with Gasteiger partial charge in [-0.15, -0.1) is 0 Å². The van der Waals surface area contributed by atoms with Crippen LogP contribution in [0, 0.1) is 5.92 Å². The molecule has 0 spiro atoms. The number of halogens is 1. The third-order valence-corrected chi connectivity index (χ3v) is 4.35. The molecule has 2 unspecified atom stereocenters. The van der Waals surface area contributed by atoms with Crippen molar-refractivity contribution in [1.82, 2.24) is 5.32 Å². The first-order chi connectivity index (χ1) is 10.8. The number of carbonyl (C=O) groups is 1. The Hall–Kier alpha value is -1.84. The second-order valence-corrected chi connectivity index (χ2v) is 6.79. The van der Waals surface area contributed by atoms with Crippen molar-refractivity contribution in [1.29, 1.82) is 0 Å². The highest BCUT2D eigenvalue weighted by molar-refractivity contribution is 6.30. The third-order valence-electron chi connectivity index (χ3n) is 4.12. The molecule has 0 saturated carbocycles. The van der Waals surface area contributed by atoms with Gasteiger partial charge in [-0.25, -0.2) is 0 Å². The van der Waals surface area contributed by atoms with Crippen LogP contribution >= 0.6 is 11.6 Å². The average Bonchev–Trinajstić information content (AvgIpc) is 2.54. The minimum Gasteiger partial charge on any atom is -0.347 e. The van der Waals surface area contributed by atoms with Crippen molar-refractivity contribution in [3.05, 3.63) is 70.7 Å². The van der Waals surface area contributed by atoms with E-state index in [2.05, 4.69) is 5.32 Å². The van der Waals surface area contributed by atoms with Crippen LogP contribution < -0.4 is 11.1 Å². The van der Waals surface area contributed by atoms with Crippen LogP contribution in [0.2, 0.25) is 5.02 Å². The summed E-state index contributed by atoms with van der Waals surface area (Å²) >= 11 is 6.05. The number of benzene rings is 2. The summed E-state index contributed by atoms with van der Waals surface area (Å²) in [5.41, 5.74) is 7.63. The van der Waals surface area contributed by atoms with Crippen LogP contribution in [-0.2, 0) is 10.3 Å². The van der Waals surface area contributed by atoms with Gasteiger partial charge in [0.15, 0.2) is 0 Å². The number of nitrogens with two attached hydrogens (primary N) is 1. The van der Waals surface area contributed by atoms with Gasteiger partial charge in [-0.3, -0.25) is 4.79 Å². The van der Waals surface area contributed by atoms with Crippen molar-refractivity contribution in [2.45, 2.75) is 32.4 Å². The lowest BCUT2D eigenvalue weighted by atomic mass is 9.90. The molecule has 2 aromatic rings. The van der Waals surface area contributed by atoms with Crippen molar-refractivity contribution in [2.75, 3.05) is 0 Å². The van der Waals surface area contributed by atoms with Crippen LogP contribution in [0.4, 0.5) is 0 Å². The highest BCUT2D eigenvalue weighted by Gasteiger charge is 2.28. The normalized spacial score (nSPS) is 14.1. The number of hydrogen-bond acceptors (Lipinski definition) is 2. The van der Waals surface area contributed by atoms with E-state index in [-0.39, 0.29) is 17.9 Å². The molecule has 122 valence electrons. The Bertz CT molecular complexity index is 670. The van der Waals surface area contributed by atoms with Crippen molar-refractivity contribution in [2.24, 2.45) is 11.7 Å². The number of hydrogen-bond donors (Lipinski definition) is 2. The summed E-state index contributed by atoms with van der Waals surface area (Å²) < 4.78 is 0. The summed E-state index contributed by atoms with van der Waals surface area (Å²) in [5, 5.41) is 3.72. The minimum atomic E-state index is -0.521. The van der Waals surface area contributed by atoms with Gasteiger partial charge >= 0.3 is 0 Å². The zero-order valence-corrected chi connectivity index (χ0v) is 14.5. The Morgan fingerprint density at radius 3 is 2.39 bits per heavy atom. The van der Waals surface area contributed by atoms with Crippen molar-refractivity contribution >= 4 is 17.5 Å². The monoisotopic (exact) mass is 330 g/mol. The van der Waals surface area contributed by atoms with Gasteiger partial charge in [0, 0.05) is 11.1 Å². The number of nitrogens with one attached hydrogen (secondary N) is 1. The quantitative estimate of drug-likeness (QED) is 0.869. The van der Waals surface area contributed by atoms with E-state index in [0.717, 1.165) is 11.1 Å². The SMILES string of the molecule is CC(C(=O)NC(C)(C)c1cccc(Cl)c1)C(N)c1ccccc1. The fourth-order valence-corrected chi connectivity index (χ4v) is 2.69. The fraction of sp³-hybridized carbons (Fsp3) is 0.316. The van der Waals surface area contributed by atoms with E-state index in [1.807, 2.05) is 75.4 Å². The molecule has 0 fully saturated rings. The van der Waals surface area contributed by atoms with E-state index in [1.165, 1.54) is 0 Å². The maximum atomic E-state index is 12.6. The van der Waals surface area contributed by atoms with E-state index < -0.39 is 5.54 Å². The molecule has 3 N–H and O–H groups in total. The molecule has 2 atom stereocenters. The van der Waals surface area contributed by atoms with Crippen LogP contribution in [0.1, 0.15) is 37.9 Å². The molecule has 0 aliphatic heterocycles. The van der Waals surface area contributed by atoms with Gasteiger partial charge in [-0.2, -0.15) is 0 Å². The van der Waals surface area contributed by atoms with Crippen LogP contribution in [-0.4, -0.2) is 5.91 Å². The van der Waals surface area contributed by atoms with E-state index in [0.29, 0.717) is 5.02 Å². The smallest absolute Gasteiger partial charge is 0.225 e. The molecule has 4 heteroatoms. The number of amides is 1. The van der Waals surface area contributed by atoms with Gasteiger partial charge in [-0.1, -0.05) is 61.0 Å². The second-order valence-electron chi connectivity index (χ2n) is 6.35. The highest BCUT2D eigenvalue weighted by Crippen LogP contribution is 2.25. The summed E-state index contributed by atoms with van der Waals surface area (Å²) in [4.78, 5) is 12.6. The summed E-state index contributed by atoms with van der Waals surface area (Å²) in [7, 11) is 0. The molecule has 2 rings (SSSR count). The predicted molar refractivity (Wildman–Crippen MR) is 95.2 cm³/mol. The molecular weight excluding hydrogens is 308 g/mol. The van der Waals surface area contributed by atoms with Gasteiger partial charge in [0.05, 0.1) is 11.5 Å². The molecule has 0 aliphatic carbocycles. The van der Waals surface area contributed by atoms with E-state index in [4.69, 9.17) is 17.3 Å². The molecule has 0 saturated heterocycles. The molecule has 2 aromatic carbocycles. The lowest BCUT2D eigenvalue weighted by Crippen LogP contribution is -2.45. The molecule has 1 amide bonds. The third kappa shape index (κ3) is 4.34. The van der Waals surface area contributed by atoms with Gasteiger partial charge < -0.3 is 11.1 Å². The molecule has 23 heavy (non-hydrogen) atoms. The molecule has 3 nitrogen and oxygen atoms in total. The Morgan fingerprint density at radius 1 is 1.13 bits per heavy atom. The summed E-state index contributed by atoms with van der Waals surface area (Å²) in [6, 6.07) is 16.8. The first-order valence-corrected chi connectivity index (χ1v) is 8.07. The topological polar surface area (TPSA) is 55.1 Å². The van der Waals surface area contributed by atoms with Crippen molar-refractivity contribution in [3.63, 3.8) is 0 Å². The predicted octanol–water partition coefficient (Wildman–Crippen LogP) is 4.03. The molecule has 0 bridgehead atoms. The second kappa shape index (κ2) is 7.16. The Kier molecular flexibility index (Phi) is 5.45. The average molecular weight is 331 g/mol. The Labute approximate surface area is 142 Å². The zero-order chi connectivity index (χ0) is 17.0. The Balaban J connectivity index is 2.11. The molecule has 0 heterocycles. The molecule has 0 aromatic heterocycles. The largest absolute Gasteiger partial charge is 0.347 e. The standard InChI is InChI=1S/C19H23ClN2O/c1-13(17(21)14-8-5-4-6-9-14)18(23)22-19(2,3)15-10-7-11-16(20)12-15/h4-13,17H,21H2,1-3H3,(H,22,23). The fourth-order valence-electron chi connectivity index (χ4n) is 2.50. The van der Waals surface area contributed by atoms with Gasteiger partial charge in [0.1, 0.15) is 0 Å². The summed E-state index contributed by atoms with van der Waals surface area (Å²) in [5.74, 6) is -0.415.